The minimum Gasteiger partial charge on any atom is -0.369 e. The maximum Gasteiger partial charge on any atom is 0.260 e. The first kappa shape index (κ1) is 13.0. The maximum atomic E-state index is 11.9. The molecule has 1 aliphatic rings. The average Bonchev–Trinajstić information content (AvgIpc) is 2.38. The Hall–Kier alpha value is -1.99. The lowest BCUT2D eigenvalue weighted by Gasteiger charge is -2.34. The van der Waals surface area contributed by atoms with Crippen molar-refractivity contribution in [3.05, 3.63) is 28.3 Å². The molecule has 0 amide bonds. The van der Waals surface area contributed by atoms with E-state index in [1.54, 1.807) is 12.3 Å². The smallest absolute Gasteiger partial charge is 0.260 e. The van der Waals surface area contributed by atoms with Gasteiger partial charge < -0.3 is 15.8 Å². The van der Waals surface area contributed by atoms with Crippen LogP contribution in [-0.4, -0.2) is 33.6 Å². The Morgan fingerprint density at radius 3 is 3.00 bits per heavy atom. The molecule has 0 saturated carbocycles. The van der Waals surface area contributed by atoms with E-state index in [4.69, 9.17) is 10.5 Å². The minimum absolute atomic E-state index is 0.0826. The Bertz CT molecular complexity index is 699. The van der Waals surface area contributed by atoms with Crippen LogP contribution >= 0.6 is 0 Å². The lowest BCUT2D eigenvalue weighted by molar-refractivity contribution is -0.0222. The minimum atomic E-state index is -0.263. The van der Waals surface area contributed by atoms with Crippen LogP contribution in [0.4, 0.5) is 5.95 Å². The van der Waals surface area contributed by atoms with Crippen molar-refractivity contribution in [2.24, 2.45) is 0 Å². The molecule has 0 bridgehead atoms. The molecule has 0 radical (unpaired) electrons. The number of anilines is 1. The van der Waals surface area contributed by atoms with Crippen molar-refractivity contribution in [1.82, 2.24) is 20.3 Å². The maximum absolute atomic E-state index is 11.9. The Kier molecular flexibility index (Phi) is 3.15. The largest absolute Gasteiger partial charge is 0.369 e. The molecule has 7 nitrogen and oxygen atoms in total. The number of pyridine rings is 1. The highest BCUT2D eigenvalue weighted by molar-refractivity contribution is 5.80. The van der Waals surface area contributed by atoms with Crippen molar-refractivity contribution in [3.63, 3.8) is 0 Å². The first-order chi connectivity index (χ1) is 9.56. The molecule has 4 N–H and O–H groups in total. The summed E-state index contributed by atoms with van der Waals surface area (Å²) < 4.78 is 5.86. The van der Waals surface area contributed by atoms with Gasteiger partial charge in [-0.05, 0) is 19.9 Å². The van der Waals surface area contributed by atoms with Crippen LogP contribution in [0.3, 0.4) is 0 Å². The second kappa shape index (κ2) is 4.84. The second-order valence-corrected chi connectivity index (χ2v) is 5.15. The third kappa shape index (κ3) is 2.14. The van der Waals surface area contributed by atoms with E-state index in [9.17, 15) is 4.79 Å². The van der Waals surface area contributed by atoms with Gasteiger partial charge in [0.1, 0.15) is 11.6 Å². The number of ether oxygens (including phenoxy) is 1. The molecule has 1 aliphatic heterocycles. The second-order valence-electron chi connectivity index (χ2n) is 5.15. The summed E-state index contributed by atoms with van der Waals surface area (Å²) in [5.41, 5.74) is 6.51. The molecule has 106 valence electrons. The average molecular weight is 275 g/mol. The summed E-state index contributed by atoms with van der Waals surface area (Å²) in [7, 11) is 0. The van der Waals surface area contributed by atoms with Gasteiger partial charge in [0.2, 0.25) is 5.95 Å². The molecule has 3 heterocycles. The van der Waals surface area contributed by atoms with Gasteiger partial charge in [-0.15, -0.1) is 0 Å². The zero-order valence-electron chi connectivity index (χ0n) is 11.4. The third-order valence-electron chi connectivity index (χ3n) is 3.47. The SMILES string of the molecule is C[C@H]1COC(c2nccc3c(=O)[nH]c(N)nc23)[C@@H](C)N1. The van der Waals surface area contributed by atoms with E-state index in [2.05, 4.69) is 27.2 Å². The molecule has 1 saturated heterocycles. The van der Waals surface area contributed by atoms with Gasteiger partial charge in [0.15, 0.2) is 0 Å². The Morgan fingerprint density at radius 1 is 1.45 bits per heavy atom. The number of nitrogens with one attached hydrogen (secondary N) is 2. The van der Waals surface area contributed by atoms with E-state index in [0.29, 0.717) is 23.2 Å². The Morgan fingerprint density at radius 2 is 2.25 bits per heavy atom. The van der Waals surface area contributed by atoms with Crippen molar-refractivity contribution in [3.8, 4) is 0 Å². The number of nitrogen functional groups attached to an aromatic ring is 1. The highest BCUT2D eigenvalue weighted by atomic mass is 16.5. The fraction of sp³-hybridized carbons (Fsp3) is 0.462. The molecule has 3 rings (SSSR count). The molecule has 7 heteroatoms. The zero-order valence-corrected chi connectivity index (χ0v) is 11.4. The van der Waals surface area contributed by atoms with E-state index in [1.165, 1.54) is 0 Å². The molecule has 2 aromatic heterocycles. The Labute approximate surface area is 115 Å². The molecule has 0 spiro atoms. The molecule has 20 heavy (non-hydrogen) atoms. The summed E-state index contributed by atoms with van der Waals surface area (Å²) in [6, 6.07) is 2.00. The van der Waals surface area contributed by atoms with E-state index >= 15 is 0 Å². The molecule has 3 atom stereocenters. The van der Waals surface area contributed by atoms with Crippen LogP contribution in [0.1, 0.15) is 25.6 Å². The highest BCUT2D eigenvalue weighted by Crippen LogP contribution is 2.27. The fourth-order valence-corrected chi connectivity index (χ4v) is 2.60. The van der Waals surface area contributed by atoms with Gasteiger partial charge in [-0.3, -0.25) is 14.8 Å². The number of hydrogen-bond donors (Lipinski definition) is 3. The number of fused-ring (bicyclic) bond motifs is 1. The topological polar surface area (TPSA) is 106 Å². The van der Waals surface area contributed by atoms with Gasteiger partial charge in [-0.25, -0.2) is 4.98 Å². The van der Waals surface area contributed by atoms with Gasteiger partial charge in [-0.2, -0.15) is 0 Å². The van der Waals surface area contributed by atoms with Gasteiger partial charge in [0.25, 0.3) is 5.56 Å². The summed E-state index contributed by atoms with van der Waals surface area (Å²) in [4.78, 5) is 23.0. The lowest BCUT2D eigenvalue weighted by Crippen LogP contribution is -2.47. The predicted octanol–water partition coefficient (Wildman–Crippen LogP) is 0.338. The number of nitrogens with zero attached hydrogens (tertiary/aromatic N) is 2. The first-order valence-corrected chi connectivity index (χ1v) is 6.58. The molecule has 0 aromatic carbocycles. The molecular weight excluding hydrogens is 258 g/mol. The summed E-state index contributed by atoms with van der Waals surface area (Å²) in [6.07, 6.45) is 1.35. The van der Waals surface area contributed by atoms with Crippen LogP contribution in [-0.2, 0) is 4.74 Å². The number of rotatable bonds is 1. The first-order valence-electron chi connectivity index (χ1n) is 6.58. The summed E-state index contributed by atoms with van der Waals surface area (Å²) in [5.74, 6) is 0.0848. The molecular formula is C13H17N5O2. The molecule has 2 aromatic rings. The van der Waals surface area contributed by atoms with Crippen LogP contribution in [0.25, 0.3) is 10.9 Å². The van der Waals surface area contributed by atoms with Crippen LogP contribution in [0.2, 0.25) is 0 Å². The lowest BCUT2D eigenvalue weighted by atomic mass is 10.0. The van der Waals surface area contributed by atoms with Crippen LogP contribution < -0.4 is 16.6 Å². The molecule has 0 aliphatic carbocycles. The zero-order chi connectivity index (χ0) is 14.3. The predicted molar refractivity (Wildman–Crippen MR) is 75.3 cm³/mol. The van der Waals surface area contributed by atoms with E-state index in [-0.39, 0.29) is 29.7 Å². The van der Waals surface area contributed by atoms with Crippen LogP contribution in [0.15, 0.2) is 17.1 Å². The summed E-state index contributed by atoms with van der Waals surface area (Å²) in [6.45, 7) is 4.67. The standard InChI is InChI=1S/C13H17N5O2/c1-6-5-20-11(7(2)16-6)10-9-8(3-4-15-10)12(19)18-13(14)17-9/h3-4,6-7,11,16H,5H2,1-2H3,(H3,14,17,18,19)/t6-,7+,11?/m0/s1. The van der Waals surface area contributed by atoms with Crippen molar-refractivity contribution in [2.45, 2.75) is 32.0 Å². The quantitative estimate of drug-likeness (QED) is 0.693. The van der Waals surface area contributed by atoms with Crippen molar-refractivity contribution in [1.29, 1.82) is 0 Å². The van der Waals surface area contributed by atoms with E-state index in [0.717, 1.165) is 0 Å². The number of H-pyrrole nitrogens is 1. The number of aromatic nitrogens is 3. The number of morpholine rings is 1. The Balaban J connectivity index is 2.14. The number of nitrogens with two attached hydrogens (primary N) is 1. The monoisotopic (exact) mass is 275 g/mol. The molecule has 1 fully saturated rings. The normalized spacial score (nSPS) is 26.8. The van der Waals surface area contributed by atoms with Gasteiger partial charge in [-0.1, -0.05) is 0 Å². The fourth-order valence-electron chi connectivity index (χ4n) is 2.60. The molecule has 1 unspecified atom stereocenters. The summed E-state index contributed by atoms with van der Waals surface area (Å²) >= 11 is 0. The van der Waals surface area contributed by atoms with Crippen molar-refractivity contribution in [2.75, 3.05) is 12.3 Å². The van der Waals surface area contributed by atoms with Crippen molar-refractivity contribution >= 4 is 16.9 Å². The van der Waals surface area contributed by atoms with Crippen molar-refractivity contribution < 1.29 is 4.74 Å². The number of hydrogen-bond acceptors (Lipinski definition) is 6. The third-order valence-corrected chi connectivity index (χ3v) is 3.47. The summed E-state index contributed by atoms with van der Waals surface area (Å²) in [5, 5.41) is 3.88. The number of aromatic amines is 1. The van der Waals surface area contributed by atoms with Crippen LogP contribution in [0, 0.1) is 0 Å². The van der Waals surface area contributed by atoms with Gasteiger partial charge >= 0.3 is 0 Å². The van der Waals surface area contributed by atoms with Gasteiger partial charge in [0, 0.05) is 18.3 Å². The van der Waals surface area contributed by atoms with E-state index < -0.39 is 0 Å². The van der Waals surface area contributed by atoms with E-state index in [1.807, 2.05) is 6.92 Å². The van der Waals surface area contributed by atoms with Crippen LogP contribution in [0.5, 0.6) is 0 Å². The highest BCUT2D eigenvalue weighted by Gasteiger charge is 2.30. The van der Waals surface area contributed by atoms with Gasteiger partial charge in [0.05, 0.1) is 17.7 Å².